The number of benzene rings is 2. The maximum atomic E-state index is 13.3. The van der Waals surface area contributed by atoms with Crippen LogP contribution in [0.3, 0.4) is 0 Å². The summed E-state index contributed by atoms with van der Waals surface area (Å²) in [7, 11) is 0. The molecule has 17 heavy (non-hydrogen) atoms. The summed E-state index contributed by atoms with van der Waals surface area (Å²) in [6, 6.07) is 11.3. The van der Waals surface area contributed by atoms with Crippen LogP contribution in [0.15, 0.2) is 42.5 Å². The van der Waals surface area contributed by atoms with Crippen molar-refractivity contribution in [3.05, 3.63) is 63.9 Å². The van der Waals surface area contributed by atoms with E-state index in [0.717, 1.165) is 5.56 Å². The second kappa shape index (κ2) is 5.39. The average molecular weight is 271 g/mol. The summed E-state index contributed by atoms with van der Waals surface area (Å²) in [6.07, 6.45) is 0. The summed E-state index contributed by atoms with van der Waals surface area (Å²) in [5.74, 6) is -0.200. The molecule has 0 heterocycles. The van der Waals surface area contributed by atoms with Gasteiger partial charge >= 0.3 is 0 Å². The summed E-state index contributed by atoms with van der Waals surface area (Å²) in [6.45, 7) is 0.181. The Balaban J connectivity index is 2.12. The molecule has 0 aliphatic rings. The van der Waals surface area contributed by atoms with Crippen molar-refractivity contribution in [2.45, 2.75) is 6.61 Å². The van der Waals surface area contributed by atoms with Crippen LogP contribution in [0.5, 0.6) is 5.75 Å². The molecule has 0 bridgehead atoms. The van der Waals surface area contributed by atoms with Crippen LogP contribution in [-0.2, 0) is 6.61 Å². The molecule has 2 rings (SSSR count). The van der Waals surface area contributed by atoms with E-state index in [4.69, 9.17) is 27.9 Å². The minimum absolute atomic E-state index is 0.181. The fourth-order valence-electron chi connectivity index (χ4n) is 1.37. The van der Waals surface area contributed by atoms with Crippen LogP contribution in [0.1, 0.15) is 5.56 Å². The Bertz CT molecular complexity index is 529. The predicted octanol–water partition coefficient (Wildman–Crippen LogP) is 4.71. The molecule has 0 atom stereocenters. The van der Waals surface area contributed by atoms with Crippen molar-refractivity contribution in [2.75, 3.05) is 0 Å². The molecule has 2 aromatic carbocycles. The van der Waals surface area contributed by atoms with E-state index >= 15 is 0 Å². The summed E-state index contributed by atoms with van der Waals surface area (Å²) in [5.41, 5.74) is 0.724. The van der Waals surface area contributed by atoms with E-state index < -0.39 is 5.82 Å². The Hall–Kier alpha value is -1.25. The van der Waals surface area contributed by atoms with Crippen LogP contribution < -0.4 is 4.74 Å². The summed E-state index contributed by atoms with van der Waals surface area (Å²) in [4.78, 5) is 0. The number of halogens is 3. The third kappa shape index (κ3) is 3.11. The molecule has 0 N–H and O–H groups in total. The highest BCUT2D eigenvalue weighted by atomic mass is 35.5. The van der Waals surface area contributed by atoms with Crippen LogP contribution in [0.4, 0.5) is 4.39 Å². The van der Waals surface area contributed by atoms with Gasteiger partial charge in [0.15, 0.2) is 11.6 Å². The highest BCUT2D eigenvalue weighted by molar-refractivity contribution is 6.33. The highest BCUT2D eigenvalue weighted by Gasteiger charge is 2.05. The Labute approximate surface area is 109 Å². The molecule has 0 aliphatic carbocycles. The number of hydrogen-bond donors (Lipinski definition) is 0. The highest BCUT2D eigenvalue weighted by Crippen LogP contribution is 2.23. The van der Waals surface area contributed by atoms with E-state index in [-0.39, 0.29) is 12.4 Å². The Morgan fingerprint density at radius 3 is 2.59 bits per heavy atom. The third-order valence-electron chi connectivity index (χ3n) is 2.23. The van der Waals surface area contributed by atoms with E-state index in [1.165, 1.54) is 6.07 Å². The van der Waals surface area contributed by atoms with Gasteiger partial charge in [0, 0.05) is 15.6 Å². The van der Waals surface area contributed by atoms with E-state index in [2.05, 4.69) is 0 Å². The lowest BCUT2D eigenvalue weighted by Gasteiger charge is -2.08. The van der Waals surface area contributed by atoms with E-state index in [1.807, 2.05) is 0 Å². The molecule has 88 valence electrons. The Morgan fingerprint density at radius 2 is 1.82 bits per heavy atom. The molecule has 0 spiro atoms. The lowest BCUT2D eigenvalue weighted by atomic mass is 10.2. The van der Waals surface area contributed by atoms with Gasteiger partial charge in [-0.3, -0.25) is 0 Å². The monoisotopic (exact) mass is 270 g/mol. The van der Waals surface area contributed by atoms with Crippen LogP contribution in [0.2, 0.25) is 10.0 Å². The molecule has 0 aromatic heterocycles. The number of hydrogen-bond acceptors (Lipinski definition) is 1. The molecule has 0 saturated carbocycles. The minimum Gasteiger partial charge on any atom is -0.486 e. The van der Waals surface area contributed by atoms with E-state index in [9.17, 15) is 4.39 Å². The van der Waals surface area contributed by atoms with E-state index in [1.54, 1.807) is 36.4 Å². The summed E-state index contributed by atoms with van der Waals surface area (Å²) < 4.78 is 18.6. The first-order valence-electron chi connectivity index (χ1n) is 4.98. The molecule has 1 nitrogen and oxygen atoms in total. The quantitative estimate of drug-likeness (QED) is 0.785. The zero-order chi connectivity index (χ0) is 12.3. The molecule has 2 aromatic rings. The van der Waals surface area contributed by atoms with Gasteiger partial charge < -0.3 is 4.74 Å². The number of para-hydroxylation sites is 1. The fourth-order valence-corrected chi connectivity index (χ4v) is 1.74. The summed E-state index contributed by atoms with van der Waals surface area (Å²) in [5, 5.41) is 1.12. The lowest BCUT2D eigenvalue weighted by molar-refractivity contribution is 0.290. The van der Waals surface area contributed by atoms with Crippen molar-refractivity contribution >= 4 is 23.2 Å². The van der Waals surface area contributed by atoms with Gasteiger partial charge in [0.2, 0.25) is 0 Å². The second-order valence-corrected chi connectivity index (χ2v) is 4.30. The topological polar surface area (TPSA) is 9.23 Å². The number of ether oxygens (including phenoxy) is 1. The SMILES string of the molecule is Fc1ccccc1OCc1cc(Cl)ccc1Cl. The van der Waals surface area contributed by atoms with Gasteiger partial charge in [0.25, 0.3) is 0 Å². The molecular formula is C13H9Cl2FO. The van der Waals surface area contributed by atoms with Crippen molar-refractivity contribution in [1.29, 1.82) is 0 Å². The molecule has 0 aliphatic heterocycles. The minimum atomic E-state index is -0.398. The van der Waals surface area contributed by atoms with Crippen molar-refractivity contribution in [3.63, 3.8) is 0 Å². The first-order valence-corrected chi connectivity index (χ1v) is 5.73. The standard InChI is InChI=1S/C13H9Cl2FO/c14-10-5-6-11(15)9(7-10)8-17-13-4-2-1-3-12(13)16/h1-7H,8H2. The largest absolute Gasteiger partial charge is 0.486 e. The van der Waals surface area contributed by atoms with Gasteiger partial charge in [-0.1, -0.05) is 35.3 Å². The lowest BCUT2D eigenvalue weighted by Crippen LogP contribution is -1.98. The van der Waals surface area contributed by atoms with Crippen molar-refractivity contribution in [1.82, 2.24) is 0 Å². The van der Waals surface area contributed by atoms with Crippen LogP contribution in [-0.4, -0.2) is 0 Å². The van der Waals surface area contributed by atoms with Gasteiger partial charge in [0.1, 0.15) is 6.61 Å². The molecule has 0 amide bonds. The molecule has 0 saturated heterocycles. The van der Waals surface area contributed by atoms with Crippen LogP contribution in [0.25, 0.3) is 0 Å². The normalized spacial score (nSPS) is 10.3. The van der Waals surface area contributed by atoms with Crippen molar-refractivity contribution in [3.8, 4) is 5.75 Å². The average Bonchev–Trinajstić information content (AvgIpc) is 2.32. The Kier molecular flexibility index (Phi) is 3.87. The molecule has 4 heteroatoms. The summed E-state index contributed by atoms with van der Waals surface area (Å²) >= 11 is 11.8. The van der Waals surface area contributed by atoms with Gasteiger partial charge in [-0.15, -0.1) is 0 Å². The second-order valence-electron chi connectivity index (χ2n) is 3.45. The zero-order valence-corrected chi connectivity index (χ0v) is 10.3. The van der Waals surface area contributed by atoms with Crippen LogP contribution >= 0.6 is 23.2 Å². The maximum absolute atomic E-state index is 13.3. The molecule has 0 radical (unpaired) electrons. The van der Waals surface area contributed by atoms with E-state index in [0.29, 0.717) is 10.0 Å². The first-order chi connectivity index (χ1) is 8.16. The fraction of sp³-hybridized carbons (Fsp3) is 0.0769. The first kappa shape index (κ1) is 12.2. The van der Waals surface area contributed by atoms with Gasteiger partial charge in [-0.05, 0) is 30.3 Å². The maximum Gasteiger partial charge on any atom is 0.165 e. The number of rotatable bonds is 3. The van der Waals surface area contributed by atoms with Gasteiger partial charge in [-0.2, -0.15) is 0 Å². The van der Waals surface area contributed by atoms with Crippen molar-refractivity contribution < 1.29 is 9.13 Å². The van der Waals surface area contributed by atoms with Gasteiger partial charge in [-0.25, -0.2) is 4.39 Å². The van der Waals surface area contributed by atoms with Crippen molar-refractivity contribution in [2.24, 2.45) is 0 Å². The molecule has 0 fully saturated rings. The predicted molar refractivity (Wildman–Crippen MR) is 67.2 cm³/mol. The third-order valence-corrected chi connectivity index (χ3v) is 2.83. The molecule has 0 unspecified atom stereocenters. The zero-order valence-electron chi connectivity index (χ0n) is 8.79. The van der Waals surface area contributed by atoms with Gasteiger partial charge in [0.05, 0.1) is 0 Å². The Morgan fingerprint density at radius 1 is 1.06 bits per heavy atom. The van der Waals surface area contributed by atoms with Crippen LogP contribution in [0, 0.1) is 5.82 Å². The molecular weight excluding hydrogens is 262 g/mol. The smallest absolute Gasteiger partial charge is 0.165 e.